The van der Waals surface area contributed by atoms with Crippen molar-refractivity contribution in [2.75, 3.05) is 11.9 Å². The molecule has 0 spiro atoms. The molecule has 1 aromatic heterocycles. The molecule has 0 aliphatic carbocycles. The van der Waals surface area contributed by atoms with Crippen LogP contribution in [-0.4, -0.2) is 30.4 Å². The Bertz CT molecular complexity index is 1270. The van der Waals surface area contributed by atoms with Crippen molar-refractivity contribution in [1.29, 1.82) is 0 Å². The van der Waals surface area contributed by atoms with Gasteiger partial charge in [0.2, 0.25) is 15.9 Å². The minimum Gasteiger partial charge on any atom is -0.325 e. The van der Waals surface area contributed by atoms with Crippen LogP contribution in [0, 0.1) is 5.82 Å². The summed E-state index contributed by atoms with van der Waals surface area (Å²) in [7, 11) is -3.95. The molecule has 0 unspecified atom stereocenters. The van der Waals surface area contributed by atoms with Gasteiger partial charge in [-0.3, -0.25) is 14.2 Å². The van der Waals surface area contributed by atoms with Gasteiger partial charge in [-0.25, -0.2) is 22.5 Å². The summed E-state index contributed by atoms with van der Waals surface area (Å²) >= 11 is 0. The second-order valence-corrected chi connectivity index (χ2v) is 8.41. The van der Waals surface area contributed by atoms with Gasteiger partial charge in [-0.2, -0.15) is 0 Å². The molecule has 29 heavy (non-hydrogen) atoms. The van der Waals surface area contributed by atoms with E-state index in [9.17, 15) is 22.4 Å². The maximum Gasteiger partial charge on any atom is 0.261 e. The first-order valence-electron chi connectivity index (χ1n) is 8.92. The first-order valence-corrected chi connectivity index (χ1v) is 10.4. The van der Waals surface area contributed by atoms with Gasteiger partial charge in [-0.1, -0.05) is 0 Å². The smallest absolute Gasteiger partial charge is 0.261 e. The Hall–Kier alpha value is -3.11. The zero-order valence-electron chi connectivity index (χ0n) is 15.2. The lowest BCUT2D eigenvalue weighted by Crippen LogP contribution is -2.32. The van der Waals surface area contributed by atoms with E-state index in [-0.39, 0.29) is 10.5 Å². The van der Waals surface area contributed by atoms with Gasteiger partial charge in [-0.15, -0.1) is 0 Å². The average molecular weight is 416 g/mol. The number of hydrogen-bond donors (Lipinski definition) is 2. The SMILES string of the molecule is O=C(CNS(=O)(=O)c1ccc(F)cc1)Nc1ccc2c(=O)n3c(nc2c1)CCC3. The molecule has 0 saturated heterocycles. The number of nitrogens with zero attached hydrogens (tertiary/aromatic N) is 2. The minimum absolute atomic E-state index is 0.104. The quantitative estimate of drug-likeness (QED) is 0.653. The number of benzene rings is 2. The predicted molar refractivity (Wildman–Crippen MR) is 105 cm³/mol. The Kier molecular flexibility index (Phi) is 4.89. The van der Waals surface area contributed by atoms with E-state index in [0.29, 0.717) is 23.1 Å². The summed E-state index contributed by atoms with van der Waals surface area (Å²) in [5.74, 6) is -0.428. The number of hydrogen-bond acceptors (Lipinski definition) is 5. The maximum atomic E-state index is 12.9. The summed E-state index contributed by atoms with van der Waals surface area (Å²) in [6, 6.07) is 9.02. The van der Waals surface area contributed by atoms with E-state index in [1.165, 1.54) is 0 Å². The van der Waals surface area contributed by atoms with E-state index in [4.69, 9.17) is 0 Å². The van der Waals surface area contributed by atoms with Gasteiger partial charge in [0.15, 0.2) is 0 Å². The monoisotopic (exact) mass is 416 g/mol. The number of carbonyl (C=O) groups is 1. The molecule has 0 radical (unpaired) electrons. The number of aryl methyl sites for hydroxylation is 1. The van der Waals surface area contributed by atoms with Gasteiger partial charge >= 0.3 is 0 Å². The highest BCUT2D eigenvalue weighted by molar-refractivity contribution is 7.89. The van der Waals surface area contributed by atoms with E-state index in [1.807, 2.05) is 0 Å². The van der Waals surface area contributed by atoms with Gasteiger partial charge < -0.3 is 5.32 Å². The van der Waals surface area contributed by atoms with Gasteiger partial charge in [0, 0.05) is 18.7 Å². The number of fused-ring (bicyclic) bond motifs is 2. The highest BCUT2D eigenvalue weighted by Crippen LogP contribution is 2.18. The molecule has 8 nitrogen and oxygen atoms in total. The third kappa shape index (κ3) is 3.89. The van der Waals surface area contributed by atoms with Gasteiger partial charge in [-0.05, 0) is 48.9 Å². The molecule has 0 saturated carbocycles. The molecule has 150 valence electrons. The van der Waals surface area contributed by atoms with Crippen LogP contribution >= 0.6 is 0 Å². The highest BCUT2D eigenvalue weighted by Gasteiger charge is 2.18. The zero-order valence-corrected chi connectivity index (χ0v) is 16.0. The first kappa shape index (κ1) is 19.2. The molecule has 2 N–H and O–H groups in total. The summed E-state index contributed by atoms with van der Waals surface area (Å²) in [5, 5.41) is 3.04. The number of carbonyl (C=O) groups excluding carboxylic acids is 1. The topological polar surface area (TPSA) is 110 Å². The number of amides is 1. The van der Waals surface area contributed by atoms with E-state index in [0.717, 1.165) is 42.9 Å². The molecule has 2 aromatic carbocycles. The molecule has 2 heterocycles. The van der Waals surface area contributed by atoms with Crippen molar-refractivity contribution in [2.24, 2.45) is 0 Å². The third-order valence-corrected chi connectivity index (χ3v) is 6.06. The van der Waals surface area contributed by atoms with Crippen LogP contribution < -0.4 is 15.6 Å². The third-order valence-electron chi connectivity index (χ3n) is 4.65. The van der Waals surface area contributed by atoms with Crippen molar-refractivity contribution in [3.05, 3.63) is 64.5 Å². The highest BCUT2D eigenvalue weighted by atomic mass is 32.2. The van der Waals surface area contributed by atoms with Crippen molar-refractivity contribution in [3.8, 4) is 0 Å². The van der Waals surface area contributed by atoms with Crippen LogP contribution in [0.15, 0.2) is 52.2 Å². The fourth-order valence-electron chi connectivity index (χ4n) is 3.22. The van der Waals surface area contributed by atoms with E-state index >= 15 is 0 Å². The predicted octanol–water partition coefficient (Wildman–Crippen LogP) is 1.40. The number of halogens is 1. The van der Waals surface area contributed by atoms with Crippen LogP contribution in [0.4, 0.5) is 10.1 Å². The van der Waals surface area contributed by atoms with Crippen LogP contribution in [0.3, 0.4) is 0 Å². The van der Waals surface area contributed by atoms with Crippen molar-refractivity contribution in [3.63, 3.8) is 0 Å². The summed E-state index contributed by atoms with van der Waals surface area (Å²) in [6.45, 7) is 0.155. The van der Waals surface area contributed by atoms with Gasteiger partial charge in [0.05, 0.1) is 22.3 Å². The number of sulfonamides is 1. The molecule has 1 aliphatic rings. The lowest BCUT2D eigenvalue weighted by Gasteiger charge is -2.09. The molecule has 1 aliphatic heterocycles. The van der Waals surface area contributed by atoms with Crippen LogP contribution in [0.1, 0.15) is 12.2 Å². The summed E-state index contributed by atoms with van der Waals surface area (Å²) in [4.78, 5) is 29.0. The summed E-state index contributed by atoms with van der Waals surface area (Å²) < 4.78 is 41.1. The number of aromatic nitrogens is 2. The van der Waals surface area contributed by atoms with Crippen molar-refractivity contribution >= 4 is 32.5 Å². The molecule has 10 heteroatoms. The second-order valence-electron chi connectivity index (χ2n) is 6.65. The average Bonchev–Trinajstić information content (AvgIpc) is 3.16. The number of nitrogens with one attached hydrogen (secondary N) is 2. The molecule has 0 fully saturated rings. The second kappa shape index (κ2) is 7.37. The summed E-state index contributed by atoms with van der Waals surface area (Å²) in [6.07, 6.45) is 1.60. The van der Waals surface area contributed by atoms with Crippen LogP contribution in [0.5, 0.6) is 0 Å². The largest absolute Gasteiger partial charge is 0.325 e. The van der Waals surface area contributed by atoms with Crippen LogP contribution in [0.25, 0.3) is 10.9 Å². The Balaban J connectivity index is 1.47. The summed E-state index contributed by atoms with van der Waals surface area (Å²) in [5.41, 5.74) is 0.776. The Morgan fingerprint density at radius 3 is 2.69 bits per heavy atom. The minimum atomic E-state index is -3.95. The van der Waals surface area contributed by atoms with Crippen LogP contribution in [-0.2, 0) is 27.8 Å². The lowest BCUT2D eigenvalue weighted by molar-refractivity contribution is -0.115. The Morgan fingerprint density at radius 2 is 1.93 bits per heavy atom. The lowest BCUT2D eigenvalue weighted by atomic mass is 10.2. The zero-order chi connectivity index (χ0) is 20.6. The van der Waals surface area contributed by atoms with Crippen LogP contribution in [0.2, 0.25) is 0 Å². The molecular formula is C19H17FN4O4S. The molecule has 1 amide bonds. The van der Waals surface area contributed by atoms with E-state index in [2.05, 4.69) is 15.0 Å². The van der Waals surface area contributed by atoms with Crippen molar-refractivity contribution < 1.29 is 17.6 Å². The maximum absolute atomic E-state index is 12.9. The van der Waals surface area contributed by atoms with E-state index < -0.39 is 28.3 Å². The molecule has 0 bridgehead atoms. The Labute approximate surface area is 165 Å². The molecule has 0 atom stereocenters. The fourth-order valence-corrected chi connectivity index (χ4v) is 4.21. The molecular weight excluding hydrogens is 399 g/mol. The van der Waals surface area contributed by atoms with Crippen molar-refractivity contribution in [1.82, 2.24) is 14.3 Å². The van der Waals surface area contributed by atoms with E-state index in [1.54, 1.807) is 22.8 Å². The molecule has 3 aromatic rings. The Morgan fingerprint density at radius 1 is 1.17 bits per heavy atom. The normalized spacial score (nSPS) is 13.4. The van der Waals surface area contributed by atoms with Crippen molar-refractivity contribution in [2.45, 2.75) is 24.3 Å². The number of rotatable bonds is 5. The molecule has 4 rings (SSSR count). The first-order chi connectivity index (χ1) is 13.8. The van der Waals surface area contributed by atoms with Gasteiger partial charge in [0.1, 0.15) is 11.6 Å². The van der Waals surface area contributed by atoms with Gasteiger partial charge in [0.25, 0.3) is 5.56 Å². The standard InChI is InChI=1S/C19H17FN4O4S/c20-12-3-6-14(7-4-12)29(27,28)21-11-18(25)22-13-5-8-15-16(10-13)23-17-2-1-9-24(17)19(15)26/h3-8,10,21H,1-2,9,11H2,(H,22,25). The number of anilines is 1. The fraction of sp³-hybridized carbons (Fsp3) is 0.211.